The fraction of sp³-hybridized carbons (Fsp3) is 0.417. The minimum Gasteiger partial charge on any atom is -0.492 e. The topological polar surface area (TPSA) is 154 Å². The highest BCUT2D eigenvalue weighted by Crippen LogP contribution is 2.35. The SMILES string of the molecule is CCn1c(NC(=O)c2cnc(N)nc2)cc2c(OC)c(OC[C@H](O)CN3CCOCC3)ccc2c1=O. The lowest BCUT2D eigenvalue weighted by Gasteiger charge is -2.28. The molecule has 0 saturated carbocycles. The van der Waals surface area contributed by atoms with Crippen LogP contribution >= 0.6 is 0 Å². The first-order valence-electron chi connectivity index (χ1n) is 11.7. The number of amides is 1. The third kappa shape index (κ3) is 5.56. The number of nitrogens with two attached hydrogens (primary N) is 1. The molecule has 1 fully saturated rings. The van der Waals surface area contributed by atoms with E-state index in [0.29, 0.717) is 48.6 Å². The second-order valence-corrected chi connectivity index (χ2v) is 8.30. The lowest BCUT2D eigenvalue weighted by atomic mass is 10.1. The third-order valence-corrected chi connectivity index (χ3v) is 5.91. The summed E-state index contributed by atoms with van der Waals surface area (Å²) in [5.74, 6) is 0.546. The van der Waals surface area contributed by atoms with E-state index in [-0.39, 0.29) is 29.5 Å². The van der Waals surface area contributed by atoms with Crippen molar-refractivity contribution in [1.29, 1.82) is 0 Å². The third-order valence-electron chi connectivity index (χ3n) is 5.91. The van der Waals surface area contributed by atoms with E-state index in [1.807, 2.05) is 0 Å². The zero-order valence-corrected chi connectivity index (χ0v) is 20.3. The number of aliphatic hydroxyl groups excluding tert-OH is 1. The van der Waals surface area contributed by atoms with Gasteiger partial charge >= 0.3 is 0 Å². The largest absolute Gasteiger partial charge is 0.492 e. The molecule has 1 aliphatic rings. The maximum Gasteiger partial charge on any atom is 0.260 e. The lowest BCUT2D eigenvalue weighted by molar-refractivity contribution is 0.00447. The van der Waals surface area contributed by atoms with E-state index < -0.39 is 12.0 Å². The molecule has 1 aromatic carbocycles. The van der Waals surface area contributed by atoms with Gasteiger partial charge in [-0.3, -0.25) is 19.1 Å². The molecular weight excluding hydrogens is 468 g/mol. The Labute approximate surface area is 207 Å². The van der Waals surface area contributed by atoms with E-state index in [1.54, 1.807) is 25.1 Å². The average molecular weight is 499 g/mol. The zero-order chi connectivity index (χ0) is 25.7. The number of β-amino-alcohol motifs (C(OH)–C–C–N with tert-alkyl or cyclic N) is 1. The van der Waals surface area contributed by atoms with Crippen LogP contribution in [0.2, 0.25) is 0 Å². The molecule has 2 aromatic heterocycles. The first-order chi connectivity index (χ1) is 17.4. The van der Waals surface area contributed by atoms with Crippen LogP contribution < -0.4 is 26.1 Å². The summed E-state index contributed by atoms with van der Waals surface area (Å²) in [6.45, 7) is 5.46. The van der Waals surface area contributed by atoms with Crippen LogP contribution in [0.15, 0.2) is 35.4 Å². The molecule has 1 amide bonds. The van der Waals surface area contributed by atoms with E-state index in [9.17, 15) is 14.7 Å². The van der Waals surface area contributed by atoms with Gasteiger partial charge in [-0.05, 0) is 25.1 Å². The van der Waals surface area contributed by atoms with Crippen molar-refractivity contribution >= 4 is 28.4 Å². The van der Waals surface area contributed by atoms with Gasteiger partial charge in [0, 0.05) is 44.0 Å². The van der Waals surface area contributed by atoms with Gasteiger partial charge in [0.05, 0.1) is 31.3 Å². The summed E-state index contributed by atoms with van der Waals surface area (Å²) < 4.78 is 18.3. The molecule has 12 nitrogen and oxygen atoms in total. The molecule has 1 saturated heterocycles. The van der Waals surface area contributed by atoms with Crippen molar-refractivity contribution in [2.45, 2.75) is 19.6 Å². The minimum absolute atomic E-state index is 0.0476. The summed E-state index contributed by atoms with van der Waals surface area (Å²) >= 11 is 0. The molecule has 12 heteroatoms. The van der Waals surface area contributed by atoms with Gasteiger partial charge in [-0.2, -0.15) is 0 Å². The Kier molecular flexibility index (Phi) is 7.98. The molecule has 4 rings (SSSR count). The Morgan fingerprint density at radius 1 is 1.25 bits per heavy atom. The smallest absolute Gasteiger partial charge is 0.260 e. The number of rotatable bonds is 9. The van der Waals surface area contributed by atoms with E-state index in [0.717, 1.165) is 13.1 Å². The monoisotopic (exact) mass is 498 g/mol. The number of benzene rings is 1. The van der Waals surface area contributed by atoms with Crippen molar-refractivity contribution in [2.75, 3.05) is 57.6 Å². The summed E-state index contributed by atoms with van der Waals surface area (Å²) in [5, 5.41) is 14.1. The van der Waals surface area contributed by atoms with Crippen LogP contribution in [0, 0.1) is 0 Å². The summed E-state index contributed by atoms with van der Waals surface area (Å²) in [5.41, 5.74) is 5.39. The quantitative estimate of drug-likeness (QED) is 0.385. The minimum atomic E-state index is -0.714. The summed E-state index contributed by atoms with van der Waals surface area (Å²) in [6, 6.07) is 4.95. The Morgan fingerprint density at radius 3 is 2.64 bits per heavy atom. The van der Waals surface area contributed by atoms with Gasteiger partial charge in [-0.25, -0.2) is 9.97 Å². The number of methoxy groups -OCH3 is 1. The molecular formula is C24H30N6O6. The zero-order valence-electron chi connectivity index (χ0n) is 20.3. The number of hydrogen-bond donors (Lipinski definition) is 3. The van der Waals surface area contributed by atoms with Crippen molar-refractivity contribution < 1.29 is 24.1 Å². The van der Waals surface area contributed by atoms with Crippen LogP contribution in [-0.4, -0.2) is 83.1 Å². The number of anilines is 2. The number of morpholine rings is 1. The van der Waals surface area contributed by atoms with Crippen molar-refractivity contribution in [3.8, 4) is 11.5 Å². The van der Waals surface area contributed by atoms with Gasteiger partial charge in [0.15, 0.2) is 11.5 Å². The Balaban J connectivity index is 1.60. The van der Waals surface area contributed by atoms with E-state index >= 15 is 0 Å². The standard InChI is InChI=1S/C24H30N6O6/c1-3-30-20(28-22(32)15-11-26-24(25)27-12-15)10-18-17(23(30)33)4-5-19(21(18)34-2)36-14-16(31)13-29-6-8-35-9-7-29/h4-5,10-12,16,31H,3,6-9,13-14H2,1-2H3,(H,28,32)(H2,25,26,27)/t16-/m1/s1. The molecule has 36 heavy (non-hydrogen) atoms. The summed E-state index contributed by atoms with van der Waals surface area (Å²) in [4.78, 5) is 35.8. The Hall–Kier alpha value is -3.74. The molecule has 0 unspecified atom stereocenters. The van der Waals surface area contributed by atoms with Crippen molar-refractivity contribution in [3.63, 3.8) is 0 Å². The molecule has 3 aromatic rings. The van der Waals surface area contributed by atoms with Crippen LogP contribution in [0.1, 0.15) is 17.3 Å². The Bertz CT molecular complexity index is 1270. The average Bonchev–Trinajstić information content (AvgIpc) is 2.88. The van der Waals surface area contributed by atoms with Gasteiger partial charge < -0.3 is 30.4 Å². The van der Waals surface area contributed by atoms with E-state index in [4.69, 9.17) is 19.9 Å². The predicted molar refractivity (Wildman–Crippen MR) is 134 cm³/mol. The van der Waals surface area contributed by atoms with E-state index in [1.165, 1.54) is 24.1 Å². The van der Waals surface area contributed by atoms with E-state index in [2.05, 4.69) is 20.2 Å². The molecule has 4 N–H and O–H groups in total. The number of hydrogen-bond acceptors (Lipinski definition) is 10. The number of carbonyl (C=O) groups excluding carboxylic acids is 1. The number of nitrogen functional groups attached to an aromatic ring is 1. The number of aliphatic hydroxyl groups is 1. The highest BCUT2D eigenvalue weighted by molar-refractivity contribution is 6.04. The highest BCUT2D eigenvalue weighted by Gasteiger charge is 2.20. The first-order valence-corrected chi connectivity index (χ1v) is 11.7. The van der Waals surface area contributed by atoms with Crippen LogP contribution in [0.25, 0.3) is 10.8 Å². The second kappa shape index (κ2) is 11.3. The summed E-state index contributed by atoms with van der Waals surface area (Å²) in [7, 11) is 1.47. The van der Waals surface area contributed by atoms with Crippen molar-refractivity contribution in [2.24, 2.45) is 0 Å². The van der Waals surface area contributed by atoms with Crippen LogP contribution in [0.4, 0.5) is 11.8 Å². The van der Waals surface area contributed by atoms with Crippen LogP contribution in [0.5, 0.6) is 11.5 Å². The fourth-order valence-corrected chi connectivity index (χ4v) is 4.08. The van der Waals surface area contributed by atoms with Gasteiger partial charge in [0.1, 0.15) is 18.5 Å². The molecule has 0 aliphatic carbocycles. The first kappa shape index (κ1) is 25.4. The number of carbonyl (C=O) groups is 1. The fourth-order valence-electron chi connectivity index (χ4n) is 4.08. The molecule has 0 radical (unpaired) electrons. The van der Waals surface area contributed by atoms with Gasteiger partial charge in [-0.15, -0.1) is 0 Å². The normalized spacial score (nSPS) is 15.0. The Morgan fingerprint density at radius 2 is 1.97 bits per heavy atom. The number of nitrogens with zero attached hydrogens (tertiary/aromatic N) is 4. The molecule has 192 valence electrons. The lowest BCUT2D eigenvalue weighted by Crippen LogP contribution is -2.42. The van der Waals surface area contributed by atoms with Crippen molar-refractivity contribution in [1.82, 2.24) is 19.4 Å². The molecule has 1 atom stereocenters. The second-order valence-electron chi connectivity index (χ2n) is 8.30. The molecule has 3 heterocycles. The predicted octanol–water partition coefficient (Wildman–Crippen LogP) is 0.726. The highest BCUT2D eigenvalue weighted by atomic mass is 16.5. The number of nitrogens with one attached hydrogen (secondary N) is 1. The van der Waals surface area contributed by atoms with Gasteiger partial charge in [0.2, 0.25) is 5.95 Å². The maximum absolute atomic E-state index is 13.2. The number of aromatic nitrogens is 3. The number of fused-ring (bicyclic) bond motifs is 1. The maximum atomic E-state index is 13.2. The number of pyridine rings is 1. The van der Waals surface area contributed by atoms with Crippen molar-refractivity contribution in [3.05, 3.63) is 46.5 Å². The molecule has 0 spiro atoms. The van der Waals surface area contributed by atoms with Gasteiger partial charge in [0.25, 0.3) is 11.5 Å². The number of ether oxygens (including phenoxy) is 3. The molecule has 1 aliphatic heterocycles. The van der Waals surface area contributed by atoms with Gasteiger partial charge in [-0.1, -0.05) is 0 Å². The summed E-state index contributed by atoms with van der Waals surface area (Å²) in [6.07, 6.45) is 1.90. The molecule has 0 bridgehead atoms. The van der Waals surface area contributed by atoms with Crippen LogP contribution in [0.3, 0.4) is 0 Å². The van der Waals surface area contributed by atoms with Crippen LogP contribution in [-0.2, 0) is 11.3 Å².